The smallest absolute Gasteiger partial charge is 0.157 e. The van der Waals surface area contributed by atoms with Gasteiger partial charge in [0.2, 0.25) is 0 Å². The summed E-state index contributed by atoms with van der Waals surface area (Å²) < 4.78 is 21.0. The van der Waals surface area contributed by atoms with Crippen molar-refractivity contribution in [3.63, 3.8) is 0 Å². The Bertz CT molecular complexity index is 881. The number of hydrogen-bond acceptors (Lipinski definition) is 3. The Morgan fingerprint density at radius 3 is 2.68 bits per heavy atom. The van der Waals surface area contributed by atoms with Gasteiger partial charge in [-0.05, 0) is 41.1 Å². The second-order valence-corrected chi connectivity index (χ2v) is 6.98. The van der Waals surface area contributed by atoms with Gasteiger partial charge in [0, 0.05) is 21.2 Å². The van der Waals surface area contributed by atoms with Gasteiger partial charge in [-0.25, -0.2) is 4.21 Å². The molecule has 0 saturated heterocycles. The molecule has 0 radical (unpaired) electrons. The van der Waals surface area contributed by atoms with Crippen LogP contribution in [-0.2, 0) is 16.8 Å². The molecule has 5 heteroatoms. The van der Waals surface area contributed by atoms with E-state index in [1.165, 1.54) is 0 Å². The van der Waals surface area contributed by atoms with Gasteiger partial charge < -0.3 is 4.55 Å². The molecule has 3 aromatic rings. The summed E-state index contributed by atoms with van der Waals surface area (Å²) in [5, 5.41) is 3.15. The molecule has 0 saturated carbocycles. The van der Waals surface area contributed by atoms with Crippen LogP contribution in [0.15, 0.2) is 41.8 Å². The summed E-state index contributed by atoms with van der Waals surface area (Å²) in [7, 11) is 0. The first-order chi connectivity index (χ1) is 10.6. The minimum atomic E-state index is -1.83. The van der Waals surface area contributed by atoms with Gasteiger partial charge in [0.25, 0.3) is 0 Å². The van der Waals surface area contributed by atoms with Gasteiger partial charge in [0.15, 0.2) is 11.1 Å². The molecule has 1 heterocycles. The molecule has 0 aliphatic carbocycles. The van der Waals surface area contributed by atoms with E-state index in [9.17, 15) is 9.00 Å². The molecule has 0 aliphatic rings. The summed E-state index contributed by atoms with van der Waals surface area (Å²) in [6.45, 7) is 1.99. The van der Waals surface area contributed by atoms with Crippen molar-refractivity contribution in [1.82, 2.24) is 0 Å². The van der Waals surface area contributed by atoms with Crippen molar-refractivity contribution in [1.29, 1.82) is 0 Å². The van der Waals surface area contributed by atoms with Crippen LogP contribution in [0.2, 0.25) is 0 Å². The lowest BCUT2D eigenvalue weighted by atomic mass is 9.98. The van der Waals surface area contributed by atoms with Crippen LogP contribution in [0.25, 0.3) is 21.2 Å². The van der Waals surface area contributed by atoms with Gasteiger partial charge in [0.1, 0.15) is 6.29 Å². The van der Waals surface area contributed by atoms with E-state index in [2.05, 4.69) is 5.38 Å². The molecule has 1 aromatic heterocycles. The van der Waals surface area contributed by atoms with Gasteiger partial charge in [-0.1, -0.05) is 24.3 Å². The van der Waals surface area contributed by atoms with Gasteiger partial charge in [-0.3, -0.25) is 4.79 Å². The van der Waals surface area contributed by atoms with Crippen molar-refractivity contribution >= 4 is 38.8 Å². The van der Waals surface area contributed by atoms with E-state index in [1.54, 1.807) is 11.3 Å². The third-order valence-corrected chi connectivity index (χ3v) is 5.15. The minimum Gasteiger partial charge on any atom is -0.306 e. The maximum Gasteiger partial charge on any atom is 0.157 e. The number of aryl methyl sites for hydroxylation is 1. The van der Waals surface area contributed by atoms with E-state index < -0.39 is 11.1 Å². The van der Waals surface area contributed by atoms with Crippen molar-refractivity contribution in [2.75, 3.05) is 0 Å². The molecule has 1 unspecified atom stereocenters. The summed E-state index contributed by atoms with van der Waals surface area (Å²) in [6, 6.07) is 11.5. The first-order valence-electron chi connectivity index (χ1n) is 6.72. The molecular formula is C17H14O3S2. The molecule has 1 atom stereocenters. The molecule has 112 valence electrons. The van der Waals surface area contributed by atoms with Gasteiger partial charge in [-0.15, -0.1) is 11.3 Å². The number of thiophene rings is 1. The Morgan fingerprint density at radius 2 is 2.00 bits per heavy atom. The number of benzene rings is 2. The van der Waals surface area contributed by atoms with E-state index in [-0.39, 0.29) is 5.75 Å². The molecule has 0 bridgehead atoms. The number of fused-ring (bicyclic) bond motifs is 1. The molecule has 2 aromatic carbocycles. The Labute approximate surface area is 134 Å². The fraction of sp³-hybridized carbons (Fsp3) is 0.118. The summed E-state index contributed by atoms with van der Waals surface area (Å²) in [6.07, 6.45) is 0.855. The fourth-order valence-electron chi connectivity index (χ4n) is 2.59. The number of rotatable bonds is 4. The highest BCUT2D eigenvalue weighted by Gasteiger charge is 2.10. The maximum absolute atomic E-state index is 11.0. The average molecular weight is 330 g/mol. The first kappa shape index (κ1) is 15.1. The highest BCUT2D eigenvalue weighted by Crippen LogP contribution is 2.36. The Morgan fingerprint density at radius 1 is 1.18 bits per heavy atom. The number of carbonyl (C=O) groups excluding carboxylic acids is 1. The van der Waals surface area contributed by atoms with E-state index in [0.29, 0.717) is 5.56 Å². The second-order valence-electron chi connectivity index (χ2n) is 5.14. The SMILES string of the molecule is Cc1cc(CS(=O)O)ccc1-c1csc2ccc(C=O)cc12. The first-order valence-corrected chi connectivity index (χ1v) is 8.88. The zero-order valence-electron chi connectivity index (χ0n) is 11.9. The lowest BCUT2D eigenvalue weighted by molar-refractivity contribution is 0.112. The van der Waals surface area contributed by atoms with Gasteiger partial charge in [-0.2, -0.15) is 0 Å². The quantitative estimate of drug-likeness (QED) is 0.569. The topological polar surface area (TPSA) is 54.4 Å². The highest BCUT2D eigenvalue weighted by atomic mass is 32.2. The zero-order chi connectivity index (χ0) is 15.7. The monoisotopic (exact) mass is 330 g/mol. The summed E-state index contributed by atoms with van der Waals surface area (Å²) in [5.41, 5.74) is 4.74. The standard InChI is InChI=1S/C17H14O3S2/c1-11-6-13(10-22(19)20)2-4-14(11)16-9-21-17-5-3-12(8-18)7-15(16)17/h2-9H,10H2,1H3,(H,19,20). The highest BCUT2D eigenvalue weighted by molar-refractivity contribution is 7.78. The normalized spacial score (nSPS) is 12.5. The summed E-state index contributed by atoms with van der Waals surface area (Å²) >= 11 is -0.185. The molecule has 1 N–H and O–H groups in total. The van der Waals surface area contributed by atoms with E-state index in [0.717, 1.165) is 38.6 Å². The maximum atomic E-state index is 11.0. The van der Waals surface area contributed by atoms with Crippen LogP contribution in [0.5, 0.6) is 0 Å². The van der Waals surface area contributed by atoms with Crippen LogP contribution < -0.4 is 0 Å². The van der Waals surface area contributed by atoms with Crippen LogP contribution in [0.4, 0.5) is 0 Å². The molecular weight excluding hydrogens is 316 g/mol. The minimum absolute atomic E-state index is 0.140. The third kappa shape index (κ3) is 2.88. The van der Waals surface area contributed by atoms with Crippen molar-refractivity contribution in [3.8, 4) is 11.1 Å². The average Bonchev–Trinajstić information content (AvgIpc) is 2.89. The lowest BCUT2D eigenvalue weighted by Gasteiger charge is -2.07. The van der Waals surface area contributed by atoms with Crippen molar-refractivity contribution in [3.05, 3.63) is 58.5 Å². The fourth-order valence-corrected chi connectivity index (χ4v) is 3.99. The Kier molecular flexibility index (Phi) is 4.20. The van der Waals surface area contributed by atoms with E-state index >= 15 is 0 Å². The predicted molar refractivity (Wildman–Crippen MR) is 91.9 cm³/mol. The third-order valence-electron chi connectivity index (χ3n) is 3.60. The molecule has 3 rings (SSSR count). The molecule has 0 spiro atoms. The van der Waals surface area contributed by atoms with Crippen LogP contribution >= 0.6 is 11.3 Å². The van der Waals surface area contributed by atoms with Crippen LogP contribution in [0.1, 0.15) is 21.5 Å². The molecule has 0 amide bonds. The van der Waals surface area contributed by atoms with Crippen LogP contribution in [0.3, 0.4) is 0 Å². The summed E-state index contributed by atoms with van der Waals surface area (Å²) in [5.74, 6) is 0.140. The van der Waals surface area contributed by atoms with Crippen LogP contribution in [-0.4, -0.2) is 15.0 Å². The van der Waals surface area contributed by atoms with Crippen molar-refractivity contribution in [2.45, 2.75) is 12.7 Å². The van der Waals surface area contributed by atoms with Crippen molar-refractivity contribution < 1.29 is 13.6 Å². The van der Waals surface area contributed by atoms with Crippen LogP contribution in [0, 0.1) is 6.92 Å². The number of aldehydes is 1. The molecule has 3 nitrogen and oxygen atoms in total. The van der Waals surface area contributed by atoms with E-state index in [1.807, 2.05) is 43.3 Å². The predicted octanol–water partition coefficient (Wildman–Crippen LogP) is 4.41. The number of carbonyl (C=O) groups is 1. The zero-order valence-corrected chi connectivity index (χ0v) is 13.5. The molecule has 0 aliphatic heterocycles. The Hall–Kier alpha value is -1.82. The van der Waals surface area contributed by atoms with E-state index in [4.69, 9.17) is 4.55 Å². The largest absolute Gasteiger partial charge is 0.306 e. The van der Waals surface area contributed by atoms with Gasteiger partial charge >= 0.3 is 0 Å². The Balaban J connectivity index is 2.11. The summed E-state index contributed by atoms with van der Waals surface area (Å²) in [4.78, 5) is 11.0. The van der Waals surface area contributed by atoms with Crippen molar-refractivity contribution in [2.24, 2.45) is 0 Å². The molecule has 0 fully saturated rings. The second kappa shape index (κ2) is 6.12. The van der Waals surface area contributed by atoms with Gasteiger partial charge in [0.05, 0.1) is 5.75 Å². The number of hydrogen-bond donors (Lipinski definition) is 1. The lowest BCUT2D eigenvalue weighted by Crippen LogP contribution is -1.94. The molecule has 22 heavy (non-hydrogen) atoms.